The second kappa shape index (κ2) is 7.05. The minimum atomic E-state index is -0.998. The van der Waals surface area contributed by atoms with Crippen LogP contribution in [0.15, 0.2) is 24.3 Å². The van der Waals surface area contributed by atoms with Crippen molar-refractivity contribution in [3.05, 3.63) is 35.4 Å². The Bertz CT molecular complexity index is 520. The number of amides is 2. The van der Waals surface area contributed by atoms with E-state index in [0.29, 0.717) is 19.7 Å². The lowest BCUT2D eigenvalue weighted by molar-refractivity contribution is -0.0403. The molecule has 0 spiro atoms. The number of benzene rings is 1. The zero-order valence-electron chi connectivity index (χ0n) is 11.5. The number of aromatic carboxylic acids is 1. The van der Waals surface area contributed by atoms with E-state index in [4.69, 9.17) is 14.9 Å². The molecule has 1 aromatic carbocycles. The van der Waals surface area contributed by atoms with E-state index in [1.807, 2.05) is 0 Å². The fourth-order valence-electron chi connectivity index (χ4n) is 2.12. The quantitative estimate of drug-likeness (QED) is 0.741. The summed E-state index contributed by atoms with van der Waals surface area (Å²) in [6.07, 6.45) is -0.347. The number of nitrogens with zero attached hydrogens (tertiary/aromatic N) is 1. The van der Waals surface area contributed by atoms with E-state index in [9.17, 15) is 9.59 Å². The van der Waals surface area contributed by atoms with Crippen LogP contribution in [0.3, 0.4) is 0 Å². The third-order valence-electron chi connectivity index (χ3n) is 3.25. The number of aliphatic hydroxyl groups is 1. The van der Waals surface area contributed by atoms with E-state index < -0.39 is 5.97 Å². The highest BCUT2D eigenvalue weighted by Gasteiger charge is 2.23. The summed E-state index contributed by atoms with van der Waals surface area (Å²) in [7, 11) is 0. The normalized spacial score (nSPS) is 18.3. The highest BCUT2D eigenvalue weighted by Crippen LogP contribution is 2.07. The highest BCUT2D eigenvalue weighted by atomic mass is 16.5. The van der Waals surface area contributed by atoms with Crippen LogP contribution in [0.1, 0.15) is 15.9 Å². The van der Waals surface area contributed by atoms with Crippen LogP contribution < -0.4 is 5.32 Å². The smallest absolute Gasteiger partial charge is 0.335 e. The van der Waals surface area contributed by atoms with E-state index in [1.54, 1.807) is 17.0 Å². The molecule has 1 unspecified atom stereocenters. The molecule has 1 aromatic rings. The van der Waals surface area contributed by atoms with Crippen LogP contribution in [0.25, 0.3) is 0 Å². The number of urea groups is 1. The van der Waals surface area contributed by atoms with Gasteiger partial charge in [-0.25, -0.2) is 9.59 Å². The summed E-state index contributed by atoms with van der Waals surface area (Å²) in [4.78, 5) is 24.5. The Hall–Kier alpha value is -2.12. The van der Waals surface area contributed by atoms with Gasteiger partial charge in [-0.2, -0.15) is 0 Å². The van der Waals surface area contributed by atoms with E-state index in [0.717, 1.165) is 5.56 Å². The van der Waals surface area contributed by atoms with E-state index >= 15 is 0 Å². The summed E-state index contributed by atoms with van der Waals surface area (Å²) in [5.41, 5.74) is 0.906. The molecule has 1 heterocycles. The van der Waals surface area contributed by atoms with Crippen molar-refractivity contribution < 1.29 is 24.5 Å². The topological polar surface area (TPSA) is 99.1 Å². The van der Waals surface area contributed by atoms with Crippen molar-refractivity contribution in [1.82, 2.24) is 10.2 Å². The van der Waals surface area contributed by atoms with Crippen molar-refractivity contribution in [3.8, 4) is 0 Å². The van der Waals surface area contributed by atoms with Crippen LogP contribution in [0.4, 0.5) is 4.79 Å². The molecule has 1 aliphatic heterocycles. The Balaban J connectivity index is 1.89. The molecule has 114 valence electrons. The van der Waals surface area contributed by atoms with Crippen molar-refractivity contribution in [2.75, 3.05) is 26.3 Å². The van der Waals surface area contributed by atoms with Crippen molar-refractivity contribution in [2.45, 2.75) is 12.6 Å². The molecule has 2 rings (SSSR count). The Morgan fingerprint density at radius 3 is 2.95 bits per heavy atom. The number of hydrogen-bond acceptors (Lipinski definition) is 4. The molecule has 7 heteroatoms. The van der Waals surface area contributed by atoms with Gasteiger partial charge in [-0.3, -0.25) is 0 Å². The van der Waals surface area contributed by atoms with Gasteiger partial charge in [-0.15, -0.1) is 0 Å². The fourth-order valence-corrected chi connectivity index (χ4v) is 2.12. The predicted molar refractivity (Wildman–Crippen MR) is 74.0 cm³/mol. The molecule has 1 fully saturated rings. The molecule has 0 aliphatic carbocycles. The maximum atomic E-state index is 12.0. The van der Waals surface area contributed by atoms with Crippen molar-refractivity contribution in [2.24, 2.45) is 0 Å². The summed E-state index contributed by atoms with van der Waals surface area (Å²) in [5, 5.41) is 20.7. The highest BCUT2D eigenvalue weighted by molar-refractivity contribution is 5.87. The van der Waals surface area contributed by atoms with Crippen LogP contribution in [-0.2, 0) is 11.3 Å². The van der Waals surface area contributed by atoms with Gasteiger partial charge in [0, 0.05) is 13.1 Å². The van der Waals surface area contributed by atoms with Gasteiger partial charge in [0.1, 0.15) is 0 Å². The molecule has 2 amide bonds. The fraction of sp³-hybridized carbons (Fsp3) is 0.429. The molecular formula is C14H18N2O5. The van der Waals surface area contributed by atoms with Gasteiger partial charge >= 0.3 is 12.0 Å². The molecule has 21 heavy (non-hydrogen) atoms. The molecule has 1 aliphatic rings. The summed E-state index contributed by atoms with van der Waals surface area (Å²) in [5.74, 6) is -0.998. The van der Waals surface area contributed by atoms with Crippen LogP contribution in [0, 0.1) is 0 Å². The molecule has 0 bridgehead atoms. The third kappa shape index (κ3) is 4.17. The third-order valence-corrected chi connectivity index (χ3v) is 3.25. The average Bonchev–Trinajstić information content (AvgIpc) is 2.53. The Kier molecular flexibility index (Phi) is 5.13. The van der Waals surface area contributed by atoms with Crippen molar-refractivity contribution >= 4 is 12.0 Å². The summed E-state index contributed by atoms with van der Waals surface area (Å²) >= 11 is 0. The minimum absolute atomic E-state index is 0.121. The summed E-state index contributed by atoms with van der Waals surface area (Å²) in [6, 6.07) is 6.17. The molecule has 0 aromatic heterocycles. The lowest BCUT2D eigenvalue weighted by atomic mass is 10.1. The molecular weight excluding hydrogens is 276 g/mol. The first-order valence-corrected chi connectivity index (χ1v) is 6.67. The van der Waals surface area contributed by atoms with Gasteiger partial charge in [-0.1, -0.05) is 12.1 Å². The van der Waals surface area contributed by atoms with E-state index in [1.165, 1.54) is 12.1 Å². The monoisotopic (exact) mass is 294 g/mol. The maximum Gasteiger partial charge on any atom is 0.335 e. The maximum absolute atomic E-state index is 12.0. The molecule has 1 saturated heterocycles. The Labute approximate surface area is 122 Å². The van der Waals surface area contributed by atoms with Gasteiger partial charge in [0.25, 0.3) is 0 Å². The SMILES string of the molecule is O=C(O)c1cccc(CNC(=O)N2CCOC(CO)C2)c1. The van der Waals surface area contributed by atoms with Crippen LogP contribution in [0.5, 0.6) is 0 Å². The molecule has 3 N–H and O–H groups in total. The minimum Gasteiger partial charge on any atom is -0.478 e. The average molecular weight is 294 g/mol. The number of aliphatic hydroxyl groups excluding tert-OH is 1. The molecule has 0 radical (unpaired) electrons. The number of rotatable bonds is 4. The number of carbonyl (C=O) groups is 2. The van der Waals surface area contributed by atoms with Gasteiger partial charge in [0.2, 0.25) is 0 Å². The number of morpholine rings is 1. The number of carboxylic acids is 1. The zero-order chi connectivity index (χ0) is 15.2. The second-order valence-electron chi connectivity index (χ2n) is 4.79. The first-order chi connectivity index (χ1) is 10.1. The van der Waals surface area contributed by atoms with Crippen LogP contribution in [0.2, 0.25) is 0 Å². The molecule has 1 atom stereocenters. The van der Waals surface area contributed by atoms with Gasteiger partial charge in [0.15, 0.2) is 0 Å². The lowest BCUT2D eigenvalue weighted by Gasteiger charge is -2.32. The standard InChI is InChI=1S/C14H18N2O5/c17-9-12-8-16(4-5-21-12)14(20)15-7-10-2-1-3-11(6-10)13(18)19/h1-3,6,12,17H,4-5,7-9H2,(H,15,20)(H,18,19). The van der Waals surface area contributed by atoms with Crippen LogP contribution in [-0.4, -0.2) is 59.5 Å². The number of ether oxygens (including phenoxy) is 1. The number of carbonyl (C=O) groups excluding carboxylic acids is 1. The van der Waals surface area contributed by atoms with Crippen molar-refractivity contribution in [3.63, 3.8) is 0 Å². The first-order valence-electron chi connectivity index (χ1n) is 6.67. The Morgan fingerprint density at radius 1 is 1.43 bits per heavy atom. The Morgan fingerprint density at radius 2 is 2.24 bits per heavy atom. The summed E-state index contributed by atoms with van der Waals surface area (Å²) < 4.78 is 5.28. The van der Waals surface area contributed by atoms with Gasteiger partial charge in [0.05, 0.1) is 31.4 Å². The van der Waals surface area contributed by atoms with E-state index in [2.05, 4.69) is 5.32 Å². The number of hydrogen-bond donors (Lipinski definition) is 3. The number of carboxylic acid groups (broad SMARTS) is 1. The number of nitrogens with one attached hydrogen (secondary N) is 1. The van der Waals surface area contributed by atoms with Crippen LogP contribution >= 0.6 is 0 Å². The van der Waals surface area contributed by atoms with E-state index in [-0.39, 0.29) is 30.9 Å². The first kappa shape index (κ1) is 15.3. The zero-order valence-corrected chi connectivity index (χ0v) is 11.5. The molecule has 0 saturated carbocycles. The second-order valence-corrected chi connectivity index (χ2v) is 4.79. The molecule has 7 nitrogen and oxygen atoms in total. The van der Waals surface area contributed by atoms with Gasteiger partial charge < -0.3 is 25.2 Å². The summed E-state index contributed by atoms with van der Waals surface area (Å²) in [6.45, 7) is 1.34. The van der Waals surface area contributed by atoms with Crippen molar-refractivity contribution in [1.29, 1.82) is 0 Å². The lowest BCUT2D eigenvalue weighted by Crippen LogP contribution is -2.50. The largest absolute Gasteiger partial charge is 0.478 e. The van der Waals surface area contributed by atoms with Gasteiger partial charge in [-0.05, 0) is 17.7 Å². The predicted octanol–water partition coefficient (Wildman–Crippen LogP) is 0.287.